The summed E-state index contributed by atoms with van der Waals surface area (Å²) in [5, 5.41) is 65.4. The Bertz CT molecular complexity index is 973. The normalized spacial score (nSPS) is 20.5. The zero-order valence-electron chi connectivity index (χ0n) is 41.2. The molecule has 7 N–H and O–H groups in total. The zero-order valence-corrected chi connectivity index (χ0v) is 41.2. The molecule has 1 amide bonds. The van der Waals surface area contributed by atoms with Gasteiger partial charge in [0, 0.05) is 6.42 Å². The van der Waals surface area contributed by atoms with Crippen LogP contribution in [0.3, 0.4) is 0 Å². The van der Waals surface area contributed by atoms with Crippen molar-refractivity contribution in [3.05, 3.63) is 0 Å². The minimum Gasteiger partial charge on any atom is -0.394 e. The Balaban J connectivity index is 2.23. The Hall–Kier alpha value is -0.850. The van der Waals surface area contributed by atoms with Crippen LogP contribution in [0.4, 0.5) is 0 Å². The highest BCUT2D eigenvalue weighted by Gasteiger charge is 2.44. The fraction of sp³-hybridized carbons (Fsp3) is 0.981. The quantitative estimate of drug-likeness (QED) is 0.0294. The predicted octanol–water partition coefficient (Wildman–Crippen LogP) is 11.7. The van der Waals surface area contributed by atoms with Crippen LogP contribution in [0.1, 0.15) is 271 Å². The first kappa shape index (κ1) is 60.2. The second-order valence-electron chi connectivity index (χ2n) is 19.5. The summed E-state index contributed by atoms with van der Waals surface area (Å²) in [5.74, 6) is -0.251. The van der Waals surface area contributed by atoms with Crippen molar-refractivity contribution in [1.29, 1.82) is 0 Å². The second-order valence-corrected chi connectivity index (χ2v) is 19.5. The number of nitrogens with one attached hydrogen (secondary N) is 1. The number of aliphatic hydroxyl groups is 6. The standard InChI is InChI=1S/C53H105NO9/c1-3-5-7-9-11-13-15-17-18-19-20-21-22-23-24-25-26-27-28-30-32-34-36-38-40-42-48(57)54-45(44-62-53-52(61)51(60)50(59)47(43-55)63-53)49(58)46(56)41-39-37-35-33-31-29-16-14-12-10-8-6-4-2/h45-47,49-53,55-56,58-61H,3-44H2,1-2H3,(H,54,57)/t45-,46+,47+,49-,50-,51?,52?,53+/m0/s1. The topological polar surface area (TPSA) is 169 Å². The highest BCUT2D eigenvalue weighted by atomic mass is 16.7. The van der Waals surface area contributed by atoms with Crippen molar-refractivity contribution in [2.45, 2.75) is 320 Å². The summed E-state index contributed by atoms with van der Waals surface area (Å²) in [5.41, 5.74) is 0. The molecular formula is C53H105NO9. The molecule has 8 atom stereocenters. The highest BCUT2D eigenvalue weighted by Crippen LogP contribution is 2.23. The van der Waals surface area contributed by atoms with Crippen molar-refractivity contribution in [2.24, 2.45) is 0 Å². The van der Waals surface area contributed by atoms with E-state index in [1.165, 1.54) is 205 Å². The minimum absolute atomic E-state index is 0.251. The van der Waals surface area contributed by atoms with Crippen LogP contribution in [0.15, 0.2) is 0 Å². The van der Waals surface area contributed by atoms with E-state index in [0.717, 1.165) is 38.5 Å². The van der Waals surface area contributed by atoms with Crippen molar-refractivity contribution in [3.63, 3.8) is 0 Å². The first-order chi connectivity index (χ1) is 30.8. The number of rotatable bonds is 47. The number of ether oxygens (including phenoxy) is 2. The lowest BCUT2D eigenvalue weighted by molar-refractivity contribution is -0.303. The number of hydrogen-bond donors (Lipinski definition) is 7. The SMILES string of the molecule is CCCCCCCCCCCCCCCCCCCCCCCCCCCC(=O)N[C@@H](CO[C@@H]1O[C@H](CO)[C@H](O)C(O)C1O)[C@H](O)[C@H](O)CCCCCCCCCCCCCCC. The number of amides is 1. The van der Waals surface area contributed by atoms with E-state index in [-0.39, 0.29) is 18.9 Å². The third-order valence-corrected chi connectivity index (χ3v) is 13.6. The van der Waals surface area contributed by atoms with E-state index in [9.17, 15) is 35.4 Å². The number of aliphatic hydroxyl groups excluding tert-OH is 6. The third kappa shape index (κ3) is 33.3. The lowest BCUT2D eigenvalue weighted by Gasteiger charge is -2.40. The van der Waals surface area contributed by atoms with Gasteiger partial charge in [0.05, 0.1) is 25.4 Å². The van der Waals surface area contributed by atoms with Crippen molar-refractivity contribution in [2.75, 3.05) is 13.2 Å². The van der Waals surface area contributed by atoms with Crippen LogP contribution in [0.5, 0.6) is 0 Å². The first-order valence-corrected chi connectivity index (χ1v) is 27.3. The molecule has 1 aliphatic heterocycles. The second kappa shape index (κ2) is 43.7. The average Bonchev–Trinajstić information content (AvgIpc) is 3.28. The Morgan fingerprint density at radius 3 is 1.17 bits per heavy atom. The summed E-state index contributed by atoms with van der Waals surface area (Å²) in [6, 6.07) is -0.985. The summed E-state index contributed by atoms with van der Waals surface area (Å²) < 4.78 is 11.2. The number of unbranched alkanes of at least 4 members (excludes halogenated alkanes) is 36. The largest absolute Gasteiger partial charge is 0.394 e. The maximum absolute atomic E-state index is 13.1. The monoisotopic (exact) mass is 900 g/mol. The van der Waals surface area contributed by atoms with E-state index >= 15 is 0 Å². The van der Waals surface area contributed by atoms with Crippen LogP contribution in [0.2, 0.25) is 0 Å². The molecule has 376 valence electrons. The van der Waals surface area contributed by atoms with E-state index in [4.69, 9.17) is 9.47 Å². The fourth-order valence-corrected chi connectivity index (χ4v) is 9.14. The van der Waals surface area contributed by atoms with Gasteiger partial charge >= 0.3 is 0 Å². The minimum atomic E-state index is -1.60. The molecule has 10 heteroatoms. The molecule has 1 rings (SSSR count). The van der Waals surface area contributed by atoms with E-state index in [1.54, 1.807) is 0 Å². The zero-order chi connectivity index (χ0) is 46.0. The van der Waals surface area contributed by atoms with Crippen molar-refractivity contribution < 1.29 is 44.9 Å². The van der Waals surface area contributed by atoms with Gasteiger partial charge in [-0.1, -0.05) is 251 Å². The van der Waals surface area contributed by atoms with Crippen LogP contribution in [-0.4, -0.2) is 98.7 Å². The molecule has 0 aromatic heterocycles. The van der Waals surface area contributed by atoms with Crippen molar-refractivity contribution in [3.8, 4) is 0 Å². The Morgan fingerprint density at radius 1 is 0.492 bits per heavy atom. The van der Waals surface area contributed by atoms with E-state index < -0.39 is 55.6 Å². The van der Waals surface area contributed by atoms with Crippen LogP contribution in [0.25, 0.3) is 0 Å². The first-order valence-electron chi connectivity index (χ1n) is 27.3. The van der Waals surface area contributed by atoms with Gasteiger partial charge in [-0.3, -0.25) is 4.79 Å². The predicted molar refractivity (Wildman–Crippen MR) is 260 cm³/mol. The van der Waals surface area contributed by atoms with Gasteiger partial charge in [-0.25, -0.2) is 0 Å². The molecule has 10 nitrogen and oxygen atoms in total. The van der Waals surface area contributed by atoms with Gasteiger partial charge in [-0.05, 0) is 12.8 Å². The van der Waals surface area contributed by atoms with Gasteiger partial charge in [0.15, 0.2) is 6.29 Å². The number of hydrogen-bond acceptors (Lipinski definition) is 9. The summed E-state index contributed by atoms with van der Waals surface area (Å²) in [7, 11) is 0. The molecule has 0 spiro atoms. The smallest absolute Gasteiger partial charge is 0.220 e. The molecule has 0 saturated carbocycles. The molecule has 2 unspecified atom stereocenters. The van der Waals surface area contributed by atoms with Crippen molar-refractivity contribution in [1.82, 2.24) is 5.32 Å². The molecule has 1 fully saturated rings. The lowest BCUT2D eigenvalue weighted by Crippen LogP contribution is -2.60. The average molecular weight is 900 g/mol. The molecule has 0 aromatic carbocycles. The van der Waals surface area contributed by atoms with Gasteiger partial charge in [0.25, 0.3) is 0 Å². The third-order valence-electron chi connectivity index (χ3n) is 13.6. The van der Waals surface area contributed by atoms with E-state index in [0.29, 0.717) is 6.42 Å². The molecule has 1 aliphatic rings. The van der Waals surface area contributed by atoms with Gasteiger partial charge < -0.3 is 45.4 Å². The van der Waals surface area contributed by atoms with Crippen molar-refractivity contribution >= 4 is 5.91 Å². The molecule has 0 bridgehead atoms. The summed E-state index contributed by atoms with van der Waals surface area (Å²) in [6.45, 7) is 3.64. The van der Waals surface area contributed by atoms with Gasteiger partial charge in [0.1, 0.15) is 30.5 Å². The molecule has 0 aromatic rings. The van der Waals surface area contributed by atoms with E-state index in [1.807, 2.05) is 0 Å². The van der Waals surface area contributed by atoms with Crippen LogP contribution < -0.4 is 5.32 Å². The Kier molecular flexibility index (Phi) is 41.7. The highest BCUT2D eigenvalue weighted by molar-refractivity contribution is 5.76. The Labute approximate surface area is 387 Å². The number of carbonyl (C=O) groups is 1. The number of carbonyl (C=O) groups excluding carboxylic acids is 1. The summed E-state index contributed by atoms with van der Waals surface area (Å²) >= 11 is 0. The fourth-order valence-electron chi connectivity index (χ4n) is 9.14. The lowest BCUT2D eigenvalue weighted by atomic mass is 9.98. The van der Waals surface area contributed by atoms with Gasteiger partial charge in [-0.15, -0.1) is 0 Å². The molecule has 63 heavy (non-hydrogen) atoms. The molecule has 1 saturated heterocycles. The van der Waals surface area contributed by atoms with E-state index in [2.05, 4.69) is 19.2 Å². The molecular weight excluding hydrogens is 795 g/mol. The van der Waals surface area contributed by atoms with Gasteiger partial charge in [-0.2, -0.15) is 0 Å². The summed E-state index contributed by atoms with van der Waals surface area (Å²) in [6.07, 6.45) is 39.8. The summed E-state index contributed by atoms with van der Waals surface area (Å²) in [4.78, 5) is 13.1. The molecule has 1 heterocycles. The Morgan fingerprint density at radius 2 is 0.825 bits per heavy atom. The maximum Gasteiger partial charge on any atom is 0.220 e. The molecule has 0 aliphatic carbocycles. The maximum atomic E-state index is 13.1. The van der Waals surface area contributed by atoms with Gasteiger partial charge in [0.2, 0.25) is 5.91 Å². The molecule has 0 radical (unpaired) electrons. The van der Waals surface area contributed by atoms with Crippen LogP contribution in [-0.2, 0) is 14.3 Å². The van der Waals surface area contributed by atoms with Crippen LogP contribution >= 0.6 is 0 Å². The van der Waals surface area contributed by atoms with Crippen LogP contribution in [0, 0.1) is 0 Å².